The van der Waals surface area contributed by atoms with Gasteiger partial charge < -0.3 is 15.1 Å². The van der Waals surface area contributed by atoms with Gasteiger partial charge in [-0.1, -0.05) is 0 Å². The van der Waals surface area contributed by atoms with Gasteiger partial charge in [-0.25, -0.2) is 14.8 Å². The molecular weight excluding hydrogens is 252 g/mol. The van der Waals surface area contributed by atoms with Crippen molar-refractivity contribution in [1.29, 1.82) is 0 Å². The van der Waals surface area contributed by atoms with E-state index in [9.17, 15) is 13.2 Å². The Bertz CT molecular complexity index is 418. The van der Waals surface area contributed by atoms with Gasteiger partial charge in [0.05, 0.1) is 12.7 Å². The monoisotopic (exact) mass is 262 g/mol. The highest BCUT2D eigenvalue weighted by molar-refractivity contribution is 8.00. The van der Waals surface area contributed by atoms with Crippen LogP contribution in [0.5, 0.6) is 0 Å². The van der Waals surface area contributed by atoms with Crippen molar-refractivity contribution in [2.75, 3.05) is 0 Å². The van der Waals surface area contributed by atoms with Crippen LogP contribution in [0.15, 0.2) is 37.4 Å². The lowest BCUT2D eigenvalue weighted by molar-refractivity contribution is 0.216. The van der Waals surface area contributed by atoms with Crippen molar-refractivity contribution in [3.63, 3.8) is 0 Å². The minimum Gasteiger partial charge on any atom is -0.468 e. The zero-order valence-corrected chi connectivity index (χ0v) is 9.20. The molecule has 0 saturated carbocycles. The van der Waals surface area contributed by atoms with Crippen LogP contribution in [0.3, 0.4) is 0 Å². The fraction of sp³-hybridized carbons (Fsp3) is 0. The zero-order valence-electron chi connectivity index (χ0n) is 8.39. The molecule has 0 amide bonds. The van der Waals surface area contributed by atoms with E-state index in [-0.39, 0.29) is 0 Å². The van der Waals surface area contributed by atoms with E-state index in [0.29, 0.717) is 0 Å². The maximum absolute atomic E-state index is 9.29. The summed E-state index contributed by atoms with van der Waals surface area (Å²) < 4.78 is 26.0. The molecule has 10 heteroatoms. The van der Waals surface area contributed by atoms with E-state index in [1.807, 2.05) is 0 Å². The van der Waals surface area contributed by atoms with Crippen molar-refractivity contribution in [3.8, 4) is 0 Å². The fourth-order valence-electron chi connectivity index (χ4n) is 0.430. The minimum absolute atomic E-state index is 1.62. The minimum atomic E-state index is -4.82. The van der Waals surface area contributed by atoms with Crippen molar-refractivity contribution in [2.45, 2.75) is 0 Å². The van der Waals surface area contributed by atoms with Gasteiger partial charge in [0.1, 0.15) is 0 Å². The number of hydrogen-bond donors (Lipinski definition) is 4. The lowest BCUT2D eigenvalue weighted by Gasteiger charge is -1.78. The first kappa shape index (κ1) is 14.8. The van der Waals surface area contributed by atoms with Crippen molar-refractivity contribution in [1.82, 2.24) is 19.9 Å². The molecule has 0 atom stereocenters. The van der Waals surface area contributed by atoms with E-state index < -0.39 is 15.4 Å². The second kappa shape index (κ2) is 8.01. The van der Waals surface area contributed by atoms with Gasteiger partial charge in [-0.2, -0.15) is 8.42 Å². The maximum atomic E-state index is 9.29. The lowest BCUT2D eigenvalue weighted by Crippen LogP contribution is -2.08. The van der Waals surface area contributed by atoms with Crippen LogP contribution in [0.2, 0.25) is 0 Å². The summed E-state index contributed by atoms with van der Waals surface area (Å²) >= 11 is 0. The molecule has 2 heterocycles. The van der Waals surface area contributed by atoms with Crippen LogP contribution in [0.25, 0.3) is 0 Å². The van der Waals surface area contributed by atoms with E-state index in [1.165, 1.54) is 0 Å². The first-order chi connectivity index (χ1) is 7.94. The molecule has 2 aromatic rings. The van der Waals surface area contributed by atoms with Gasteiger partial charge in [0.25, 0.3) is 0 Å². The predicted octanol–water partition coefficient (Wildman–Crippen LogP) is 0.372. The number of carboxylic acid groups (broad SMARTS) is 1. The van der Waals surface area contributed by atoms with E-state index in [0.717, 1.165) is 0 Å². The second-order valence-corrected chi connectivity index (χ2v) is 3.56. The molecule has 9 nitrogen and oxygen atoms in total. The average molecular weight is 262 g/mol. The van der Waals surface area contributed by atoms with Crippen molar-refractivity contribution in [2.24, 2.45) is 0 Å². The lowest BCUT2D eigenvalue weighted by atomic mass is 11.0. The van der Waals surface area contributed by atoms with Gasteiger partial charge in [-0.05, 0) is 0 Å². The van der Waals surface area contributed by atoms with E-state index in [1.54, 1.807) is 37.4 Å². The summed E-state index contributed by atoms with van der Waals surface area (Å²) in [5, 5.41) is 5.18. The molecule has 0 saturated heterocycles. The number of rotatable bonds is 0. The Balaban J connectivity index is 0.000000229. The number of hydrogen-bond acceptors (Lipinski definition) is 5. The number of nitrogens with one attached hydrogen (secondary N) is 2. The third-order valence-electron chi connectivity index (χ3n) is 1.03. The molecule has 2 aromatic heterocycles. The molecular formula is C7H10N4O5S. The van der Waals surface area contributed by atoms with Gasteiger partial charge in [0.15, 0.2) is 0 Å². The quantitative estimate of drug-likeness (QED) is 0.501. The van der Waals surface area contributed by atoms with E-state index in [2.05, 4.69) is 19.9 Å². The number of imidazole rings is 2. The van der Waals surface area contributed by atoms with Crippen molar-refractivity contribution in [3.05, 3.63) is 37.4 Å². The summed E-state index contributed by atoms with van der Waals surface area (Å²) in [5.74, 6) is 0. The fourth-order valence-corrected chi connectivity index (χ4v) is 0.430. The van der Waals surface area contributed by atoms with Gasteiger partial charge in [-0.3, -0.25) is 4.55 Å². The van der Waals surface area contributed by atoms with E-state index >= 15 is 0 Å². The Kier molecular flexibility index (Phi) is 6.97. The molecule has 0 fully saturated rings. The Labute approximate surface area is 96.3 Å². The number of carbonyl (C=O) groups is 1. The predicted molar refractivity (Wildman–Crippen MR) is 56.7 cm³/mol. The Morgan fingerprint density at radius 2 is 1.41 bits per heavy atom. The SMILES string of the molecule is O=C(O)S(=O)(=O)O.c1c[nH]cn1.c1c[nH]cn1. The largest absolute Gasteiger partial charge is 0.468 e. The molecule has 17 heavy (non-hydrogen) atoms. The van der Waals surface area contributed by atoms with Crippen molar-refractivity contribution < 1.29 is 22.9 Å². The van der Waals surface area contributed by atoms with Crippen LogP contribution >= 0.6 is 0 Å². The summed E-state index contributed by atoms with van der Waals surface area (Å²) in [6.45, 7) is 0. The topological polar surface area (TPSA) is 149 Å². The first-order valence-electron chi connectivity index (χ1n) is 4.00. The molecule has 0 aliphatic carbocycles. The number of nitrogens with zero attached hydrogens (tertiary/aromatic N) is 2. The highest BCUT2D eigenvalue weighted by atomic mass is 32.2. The molecule has 94 valence electrons. The van der Waals surface area contributed by atoms with Gasteiger partial charge in [0.2, 0.25) is 0 Å². The summed E-state index contributed by atoms with van der Waals surface area (Å²) in [5.41, 5.74) is 0. The third kappa shape index (κ3) is 10.1. The molecule has 0 aromatic carbocycles. The van der Waals surface area contributed by atoms with Gasteiger partial charge >= 0.3 is 15.4 Å². The Hall–Kier alpha value is -2.20. The van der Waals surface area contributed by atoms with Crippen molar-refractivity contribution >= 4 is 15.4 Å². The zero-order chi connectivity index (χ0) is 13.1. The number of H-pyrrole nitrogens is 2. The number of aromatic nitrogens is 4. The summed E-state index contributed by atoms with van der Waals surface area (Å²) in [6, 6.07) is 0. The Morgan fingerprint density at radius 1 is 1.06 bits per heavy atom. The molecule has 0 aliphatic rings. The average Bonchev–Trinajstić information content (AvgIpc) is 2.96. The normalized spacial score (nSPS) is 9.24. The molecule has 0 spiro atoms. The standard InChI is InChI=1S/2C3H4N2.CH2O5S/c2*1-2-5-3-4-1;2-1(3)7(4,5)6/h2*1-3H,(H,4,5);(H,2,3)(H,4,5,6). The smallest absolute Gasteiger partial charge is 0.449 e. The number of aromatic amines is 2. The van der Waals surface area contributed by atoms with Crippen LogP contribution in [0.1, 0.15) is 0 Å². The van der Waals surface area contributed by atoms with Gasteiger partial charge in [-0.15, -0.1) is 0 Å². The van der Waals surface area contributed by atoms with Crippen LogP contribution < -0.4 is 0 Å². The highest BCUT2D eigenvalue weighted by Gasteiger charge is 2.14. The summed E-state index contributed by atoms with van der Waals surface area (Å²) in [6.07, 6.45) is 10.2. The van der Waals surface area contributed by atoms with E-state index in [4.69, 9.17) is 9.66 Å². The maximum Gasteiger partial charge on any atom is 0.449 e. The summed E-state index contributed by atoms with van der Waals surface area (Å²) in [7, 11) is -4.82. The first-order valence-corrected chi connectivity index (χ1v) is 5.44. The molecule has 0 bridgehead atoms. The second-order valence-electron chi connectivity index (χ2n) is 2.26. The molecule has 4 N–H and O–H groups in total. The van der Waals surface area contributed by atoms with Crippen LogP contribution in [-0.4, -0.2) is 43.3 Å². The third-order valence-corrected chi connectivity index (χ3v) is 1.47. The Morgan fingerprint density at radius 3 is 1.47 bits per heavy atom. The molecule has 0 radical (unpaired) electrons. The van der Waals surface area contributed by atoms with Crippen LogP contribution in [-0.2, 0) is 10.1 Å². The highest BCUT2D eigenvalue weighted by Crippen LogP contribution is 1.79. The molecule has 2 rings (SSSR count). The van der Waals surface area contributed by atoms with Crippen LogP contribution in [0.4, 0.5) is 4.79 Å². The molecule has 0 aliphatic heterocycles. The van der Waals surface area contributed by atoms with Gasteiger partial charge in [0, 0.05) is 24.8 Å². The van der Waals surface area contributed by atoms with Crippen LogP contribution in [0, 0.1) is 0 Å². The summed E-state index contributed by atoms with van der Waals surface area (Å²) in [4.78, 5) is 22.0. The molecule has 0 unspecified atom stereocenters.